The van der Waals surface area contributed by atoms with Gasteiger partial charge in [-0.1, -0.05) is 30.0 Å². The van der Waals surface area contributed by atoms with Crippen molar-refractivity contribution in [3.63, 3.8) is 0 Å². The van der Waals surface area contributed by atoms with E-state index in [1.54, 1.807) is 39.2 Å². The lowest BCUT2D eigenvalue weighted by molar-refractivity contribution is -0.122. The van der Waals surface area contributed by atoms with Crippen molar-refractivity contribution in [3.05, 3.63) is 55.7 Å². The van der Waals surface area contributed by atoms with Crippen molar-refractivity contribution in [1.82, 2.24) is 14.4 Å². The summed E-state index contributed by atoms with van der Waals surface area (Å²) in [7, 11) is 6.92. The minimum Gasteiger partial charge on any atom is -0.493 e. The van der Waals surface area contributed by atoms with Crippen LogP contribution in [0.15, 0.2) is 27.9 Å². The van der Waals surface area contributed by atoms with Gasteiger partial charge in [-0.3, -0.25) is 19.1 Å². The van der Waals surface area contributed by atoms with E-state index >= 15 is 0 Å². The van der Waals surface area contributed by atoms with Crippen LogP contribution in [0.3, 0.4) is 0 Å². The van der Waals surface area contributed by atoms with Gasteiger partial charge in [-0.15, -0.1) is 0 Å². The minimum absolute atomic E-state index is 0.0839. The quantitative estimate of drug-likeness (QED) is 0.379. The first-order valence-corrected chi connectivity index (χ1v) is 13.5. The molecule has 4 rings (SSSR count). The van der Waals surface area contributed by atoms with Crippen LogP contribution < -0.4 is 19.9 Å². The second kappa shape index (κ2) is 11.6. The van der Waals surface area contributed by atoms with Crippen LogP contribution in [0.2, 0.25) is 0 Å². The van der Waals surface area contributed by atoms with Gasteiger partial charge in [-0.05, 0) is 49.7 Å². The smallest absolute Gasteiger partial charge is 0.270 e. The van der Waals surface area contributed by atoms with E-state index in [2.05, 4.69) is 22.9 Å². The first-order valence-electron chi connectivity index (χ1n) is 12.2. The summed E-state index contributed by atoms with van der Waals surface area (Å²) in [6, 6.07) is 7.73. The highest BCUT2D eigenvalue weighted by Gasteiger charge is 2.33. The molecule has 0 radical (unpaired) electrons. The molecule has 1 aromatic carbocycles. The number of thioether (sulfide) groups is 1. The first kappa shape index (κ1) is 27.7. The van der Waals surface area contributed by atoms with Crippen LogP contribution in [0.4, 0.5) is 5.82 Å². The Balaban J connectivity index is 1.65. The number of nitrogens with zero attached hydrogens (tertiary/aromatic N) is 5. The number of hydrogen-bond donors (Lipinski definition) is 0. The van der Waals surface area contributed by atoms with Gasteiger partial charge < -0.3 is 19.3 Å². The molecule has 1 amide bonds. The second-order valence-electron chi connectivity index (χ2n) is 9.28. The third-order valence-corrected chi connectivity index (χ3v) is 8.37. The lowest BCUT2D eigenvalue weighted by Crippen LogP contribution is -2.46. The summed E-state index contributed by atoms with van der Waals surface area (Å²) in [5.41, 5.74) is 2.01. The van der Waals surface area contributed by atoms with E-state index in [-0.39, 0.29) is 17.0 Å². The summed E-state index contributed by atoms with van der Waals surface area (Å²) in [5.74, 6) is 1.81. The van der Waals surface area contributed by atoms with E-state index in [0.29, 0.717) is 44.8 Å². The highest BCUT2D eigenvalue weighted by Crippen LogP contribution is 2.36. The van der Waals surface area contributed by atoms with Crippen molar-refractivity contribution in [2.24, 2.45) is 7.05 Å². The normalized spacial score (nSPS) is 17.3. The van der Waals surface area contributed by atoms with Gasteiger partial charge in [0.2, 0.25) is 0 Å². The molecular weight excluding hydrogens is 522 g/mol. The molecular formula is C27H31N5O4S2. The van der Waals surface area contributed by atoms with E-state index in [1.807, 2.05) is 18.2 Å². The van der Waals surface area contributed by atoms with Gasteiger partial charge in [0.1, 0.15) is 21.8 Å². The molecule has 2 fully saturated rings. The number of piperazine rings is 1. The molecule has 38 heavy (non-hydrogen) atoms. The van der Waals surface area contributed by atoms with Gasteiger partial charge in [0.25, 0.3) is 11.5 Å². The average Bonchev–Trinajstić information content (AvgIpc) is 3.18. The standard InChI is InChI=1S/C27H31N5O4S2/c1-17-19(24(30(3)25(33)20(17)16-28)31-12-10-29(2)11-13-31)15-23-26(34)32(27(37)38-23)9-8-18-6-7-21(35-4)22(14-18)36-5/h6-7,14-15H,8-13H2,1-5H3/b23-15+. The number of carbonyl (C=O) groups is 1. The molecule has 3 heterocycles. The number of rotatable bonds is 7. The highest BCUT2D eigenvalue weighted by atomic mass is 32.2. The molecule has 2 saturated heterocycles. The molecule has 2 aromatic rings. The van der Waals surface area contributed by atoms with E-state index < -0.39 is 0 Å². The van der Waals surface area contributed by atoms with Crippen molar-refractivity contribution in [1.29, 1.82) is 5.26 Å². The predicted molar refractivity (Wildman–Crippen MR) is 154 cm³/mol. The molecule has 0 saturated carbocycles. The third kappa shape index (κ3) is 5.29. The van der Waals surface area contributed by atoms with Crippen molar-refractivity contribution >= 4 is 46.1 Å². The number of anilines is 1. The Morgan fingerprint density at radius 2 is 1.79 bits per heavy atom. The Morgan fingerprint density at radius 3 is 2.42 bits per heavy atom. The van der Waals surface area contributed by atoms with Gasteiger partial charge >= 0.3 is 0 Å². The van der Waals surface area contributed by atoms with Gasteiger partial charge in [-0.2, -0.15) is 5.26 Å². The molecule has 2 aliphatic heterocycles. The van der Waals surface area contributed by atoms with Gasteiger partial charge in [0.15, 0.2) is 11.5 Å². The minimum atomic E-state index is -0.335. The fourth-order valence-electron chi connectivity index (χ4n) is 4.71. The molecule has 0 bridgehead atoms. The van der Waals surface area contributed by atoms with Crippen LogP contribution >= 0.6 is 24.0 Å². The summed E-state index contributed by atoms with van der Waals surface area (Å²) >= 11 is 6.81. The van der Waals surface area contributed by atoms with Crippen molar-refractivity contribution < 1.29 is 14.3 Å². The maximum Gasteiger partial charge on any atom is 0.270 e. The highest BCUT2D eigenvalue weighted by molar-refractivity contribution is 8.26. The zero-order chi connectivity index (χ0) is 27.6. The van der Waals surface area contributed by atoms with Crippen LogP contribution in [0.1, 0.15) is 22.3 Å². The third-order valence-electron chi connectivity index (χ3n) is 6.99. The zero-order valence-corrected chi connectivity index (χ0v) is 23.9. The molecule has 0 spiro atoms. The fourth-order valence-corrected chi connectivity index (χ4v) is 6.00. The Hall–Kier alpha value is -3.33. The number of ether oxygens (including phenoxy) is 2. The van der Waals surface area contributed by atoms with Gasteiger partial charge in [0, 0.05) is 45.3 Å². The lowest BCUT2D eigenvalue weighted by Gasteiger charge is -2.36. The van der Waals surface area contributed by atoms with E-state index in [4.69, 9.17) is 21.7 Å². The number of likely N-dealkylation sites (N-methyl/N-ethyl adjacent to an activating group) is 1. The van der Waals surface area contributed by atoms with Crippen molar-refractivity contribution in [3.8, 4) is 17.6 Å². The van der Waals surface area contributed by atoms with Crippen LogP contribution in [-0.4, -0.2) is 78.6 Å². The maximum absolute atomic E-state index is 13.5. The van der Waals surface area contributed by atoms with Crippen LogP contribution in [0.25, 0.3) is 6.08 Å². The summed E-state index contributed by atoms with van der Waals surface area (Å²) in [6.45, 7) is 5.36. The lowest BCUT2D eigenvalue weighted by atomic mass is 10.0. The van der Waals surface area contributed by atoms with Gasteiger partial charge in [0.05, 0.1) is 19.1 Å². The second-order valence-corrected chi connectivity index (χ2v) is 11.0. The van der Waals surface area contributed by atoms with Crippen LogP contribution in [-0.2, 0) is 18.3 Å². The molecule has 200 valence electrons. The number of nitriles is 1. The van der Waals surface area contributed by atoms with Gasteiger partial charge in [-0.25, -0.2) is 0 Å². The summed E-state index contributed by atoms with van der Waals surface area (Å²) < 4.78 is 12.7. The number of pyridine rings is 1. The molecule has 11 heteroatoms. The SMILES string of the molecule is COc1ccc(CCN2C(=O)/C(=C\c3c(C)c(C#N)c(=O)n(C)c3N3CCN(C)CC3)SC2=S)cc1OC. The number of methoxy groups -OCH3 is 2. The number of aromatic nitrogens is 1. The topological polar surface area (TPSA) is 91.0 Å². The average molecular weight is 554 g/mol. The Bertz CT molecular complexity index is 1400. The van der Waals surface area contributed by atoms with Crippen LogP contribution in [0.5, 0.6) is 11.5 Å². The number of amides is 1. The molecule has 9 nitrogen and oxygen atoms in total. The van der Waals surface area contributed by atoms with Crippen molar-refractivity contribution in [2.75, 3.05) is 58.9 Å². The van der Waals surface area contributed by atoms with Crippen LogP contribution in [0, 0.1) is 18.3 Å². The number of hydrogen-bond acceptors (Lipinski definition) is 9. The molecule has 0 atom stereocenters. The van der Waals surface area contributed by atoms with Crippen molar-refractivity contribution in [2.45, 2.75) is 13.3 Å². The summed E-state index contributed by atoms with van der Waals surface area (Å²) in [5, 5.41) is 9.71. The zero-order valence-electron chi connectivity index (χ0n) is 22.2. The predicted octanol–water partition coefficient (Wildman–Crippen LogP) is 2.78. The van der Waals surface area contributed by atoms with E-state index in [0.717, 1.165) is 37.6 Å². The molecule has 2 aliphatic rings. The molecule has 0 aliphatic carbocycles. The summed E-state index contributed by atoms with van der Waals surface area (Å²) in [4.78, 5) is 32.9. The number of carbonyl (C=O) groups excluding carboxylic acids is 1. The fraction of sp³-hybridized carbons (Fsp3) is 0.407. The Kier molecular flexibility index (Phi) is 8.45. The largest absolute Gasteiger partial charge is 0.493 e. The number of thiocarbonyl (C=S) groups is 1. The molecule has 0 N–H and O–H groups in total. The number of benzene rings is 1. The Labute approximate surface area is 232 Å². The maximum atomic E-state index is 13.5. The first-order chi connectivity index (χ1) is 18.2. The summed E-state index contributed by atoms with van der Waals surface area (Å²) in [6.07, 6.45) is 2.38. The molecule has 0 unspecified atom stereocenters. The Morgan fingerprint density at radius 1 is 1.11 bits per heavy atom. The molecule has 1 aromatic heterocycles. The van der Waals surface area contributed by atoms with E-state index in [1.165, 1.54) is 16.3 Å². The van der Waals surface area contributed by atoms with E-state index in [9.17, 15) is 14.9 Å². The monoisotopic (exact) mass is 553 g/mol.